The van der Waals surface area contributed by atoms with Gasteiger partial charge in [-0.25, -0.2) is 4.39 Å². The number of ether oxygens (including phenoxy) is 2. The van der Waals surface area contributed by atoms with Gasteiger partial charge in [0.1, 0.15) is 17.7 Å². The molecule has 6 nitrogen and oxygen atoms in total. The Labute approximate surface area is 159 Å². The van der Waals surface area contributed by atoms with Crippen LogP contribution < -0.4 is 10.1 Å². The number of carbonyl (C=O) groups excluding carboxylic acids is 1. The molecule has 0 radical (unpaired) electrons. The fourth-order valence-electron chi connectivity index (χ4n) is 4.09. The van der Waals surface area contributed by atoms with E-state index in [0.717, 1.165) is 32.5 Å². The zero-order valence-electron chi connectivity index (χ0n) is 16.0. The van der Waals surface area contributed by atoms with E-state index >= 15 is 0 Å². The number of aliphatic hydroxyl groups is 1. The first-order chi connectivity index (χ1) is 12.9. The zero-order valence-corrected chi connectivity index (χ0v) is 16.0. The number of hydrogen-bond donors (Lipinski definition) is 2. The van der Waals surface area contributed by atoms with Crippen molar-refractivity contribution in [3.63, 3.8) is 0 Å². The van der Waals surface area contributed by atoms with Crippen LogP contribution in [-0.4, -0.2) is 66.0 Å². The molecule has 2 heterocycles. The molecule has 7 heteroatoms. The van der Waals surface area contributed by atoms with E-state index < -0.39 is 17.2 Å². The van der Waals surface area contributed by atoms with Gasteiger partial charge in [-0.15, -0.1) is 0 Å². The summed E-state index contributed by atoms with van der Waals surface area (Å²) < 4.78 is 24.4. The van der Waals surface area contributed by atoms with Crippen LogP contribution in [0.15, 0.2) is 24.3 Å². The predicted octanol–water partition coefficient (Wildman–Crippen LogP) is 1.72. The highest BCUT2D eigenvalue weighted by molar-refractivity contribution is 5.78. The molecule has 2 N–H and O–H groups in total. The Morgan fingerprint density at radius 1 is 1.33 bits per heavy atom. The summed E-state index contributed by atoms with van der Waals surface area (Å²) in [6.07, 6.45) is 1.25. The second-order valence-electron chi connectivity index (χ2n) is 7.71. The van der Waals surface area contributed by atoms with Gasteiger partial charge in [-0.05, 0) is 57.0 Å². The van der Waals surface area contributed by atoms with Gasteiger partial charge in [-0.3, -0.25) is 4.79 Å². The van der Waals surface area contributed by atoms with E-state index in [9.17, 15) is 14.3 Å². The highest BCUT2D eigenvalue weighted by Gasteiger charge is 2.53. The second-order valence-corrected chi connectivity index (χ2v) is 7.71. The third kappa shape index (κ3) is 4.42. The number of nitrogens with zero attached hydrogens (tertiary/aromatic N) is 1. The van der Waals surface area contributed by atoms with E-state index in [-0.39, 0.29) is 18.3 Å². The van der Waals surface area contributed by atoms with Crippen molar-refractivity contribution in [3.8, 4) is 5.75 Å². The quantitative estimate of drug-likeness (QED) is 0.814. The van der Waals surface area contributed by atoms with Crippen molar-refractivity contribution in [1.29, 1.82) is 0 Å². The fraction of sp³-hybridized carbons (Fsp3) is 0.650. The van der Waals surface area contributed by atoms with Gasteiger partial charge in [0.2, 0.25) is 0 Å². The molecule has 27 heavy (non-hydrogen) atoms. The minimum absolute atomic E-state index is 0.189. The lowest BCUT2D eigenvalue weighted by Crippen LogP contribution is -2.69. The van der Waals surface area contributed by atoms with Crippen molar-refractivity contribution in [2.45, 2.75) is 50.4 Å². The van der Waals surface area contributed by atoms with E-state index in [1.54, 1.807) is 0 Å². The lowest BCUT2D eigenvalue weighted by Gasteiger charge is -2.53. The molecule has 2 atom stereocenters. The van der Waals surface area contributed by atoms with Crippen LogP contribution in [0.2, 0.25) is 0 Å². The number of benzene rings is 1. The summed E-state index contributed by atoms with van der Waals surface area (Å²) >= 11 is 0. The Morgan fingerprint density at radius 3 is 2.63 bits per heavy atom. The van der Waals surface area contributed by atoms with Crippen LogP contribution in [0, 0.1) is 5.82 Å². The van der Waals surface area contributed by atoms with Crippen LogP contribution in [0.5, 0.6) is 5.75 Å². The summed E-state index contributed by atoms with van der Waals surface area (Å²) in [5.41, 5.74) is -1.38. The van der Waals surface area contributed by atoms with Crippen LogP contribution in [0.3, 0.4) is 0 Å². The molecule has 0 unspecified atom stereocenters. The average Bonchev–Trinajstić information content (AvgIpc) is 2.66. The van der Waals surface area contributed by atoms with Gasteiger partial charge in [0.05, 0.1) is 11.1 Å². The first-order valence-electron chi connectivity index (χ1n) is 9.61. The summed E-state index contributed by atoms with van der Waals surface area (Å²) in [6, 6.07) is 5.51. The van der Waals surface area contributed by atoms with Crippen molar-refractivity contribution >= 4 is 5.91 Å². The summed E-state index contributed by atoms with van der Waals surface area (Å²) in [4.78, 5) is 14.7. The highest BCUT2D eigenvalue weighted by atomic mass is 19.1. The number of nitrogens with one attached hydrogen (secondary N) is 1. The number of halogens is 1. The number of hydrogen-bond acceptors (Lipinski definition) is 5. The van der Waals surface area contributed by atoms with Gasteiger partial charge in [0, 0.05) is 19.7 Å². The molecule has 3 rings (SSSR count). The summed E-state index contributed by atoms with van der Waals surface area (Å²) in [6.45, 7) is 7.05. The average molecular weight is 380 g/mol. The molecule has 0 saturated carbocycles. The number of rotatable bonds is 5. The van der Waals surface area contributed by atoms with Crippen molar-refractivity contribution in [3.05, 3.63) is 30.1 Å². The summed E-state index contributed by atoms with van der Waals surface area (Å²) in [5, 5.41) is 14.0. The van der Waals surface area contributed by atoms with Crippen LogP contribution in [0.4, 0.5) is 4.39 Å². The van der Waals surface area contributed by atoms with Gasteiger partial charge in [-0.1, -0.05) is 6.92 Å². The highest BCUT2D eigenvalue weighted by Crippen LogP contribution is 2.39. The van der Waals surface area contributed by atoms with Crippen LogP contribution in [0.25, 0.3) is 0 Å². The smallest absolute Gasteiger partial charge is 0.258 e. The predicted molar refractivity (Wildman–Crippen MR) is 99.1 cm³/mol. The third-order valence-electron chi connectivity index (χ3n) is 5.87. The molecule has 2 fully saturated rings. The maximum absolute atomic E-state index is 12.9. The van der Waals surface area contributed by atoms with Gasteiger partial charge < -0.3 is 24.8 Å². The lowest BCUT2D eigenvalue weighted by molar-refractivity contribution is -0.207. The molecule has 2 aliphatic heterocycles. The maximum Gasteiger partial charge on any atom is 0.258 e. The van der Waals surface area contributed by atoms with Crippen LogP contribution in [0.1, 0.15) is 33.1 Å². The Kier molecular flexibility index (Phi) is 6.03. The van der Waals surface area contributed by atoms with Crippen molar-refractivity contribution in [1.82, 2.24) is 10.2 Å². The molecule has 0 aliphatic carbocycles. The Hall–Kier alpha value is -1.70. The summed E-state index contributed by atoms with van der Waals surface area (Å²) in [7, 11) is 0. The molecule has 2 saturated heterocycles. The standard InChI is InChI=1S/C20H29FN2O4/c1-3-23-11-8-20(9-12-23)18(25)19(2,10-13-27-20)22-17(24)14-26-16-6-4-15(21)5-7-16/h4-7,18,25H,3,8-14H2,1-2H3,(H,22,24)/t18-,19+/m1/s1. The van der Waals surface area contributed by atoms with E-state index in [1.165, 1.54) is 24.3 Å². The molecular formula is C20H29FN2O4. The summed E-state index contributed by atoms with van der Waals surface area (Å²) in [5.74, 6) is -0.249. The number of amides is 1. The first kappa shape index (κ1) is 20.0. The van der Waals surface area contributed by atoms with Crippen LogP contribution in [-0.2, 0) is 9.53 Å². The van der Waals surface area contributed by atoms with Crippen molar-refractivity contribution in [2.24, 2.45) is 0 Å². The number of aliphatic hydroxyl groups excluding tert-OH is 1. The second kappa shape index (κ2) is 8.12. The normalized spacial score (nSPS) is 28.1. The molecule has 1 spiro atoms. The molecule has 2 aliphatic rings. The molecule has 1 aromatic carbocycles. The first-order valence-corrected chi connectivity index (χ1v) is 9.61. The van der Waals surface area contributed by atoms with Crippen LogP contribution >= 0.6 is 0 Å². The van der Waals surface area contributed by atoms with Gasteiger partial charge in [0.25, 0.3) is 5.91 Å². The SMILES string of the molecule is CCN1CCC2(CC1)OCC[C@](C)(NC(=O)COc1ccc(F)cc1)[C@H]2O. The molecule has 1 amide bonds. The Morgan fingerprint density at radius 2 is 2.00 bits per heavy atom. The van der Waals surface area contributed by atoms with E-state index in [2.05, 4.69) is 17.1 Å². The molecule has 1 aromatic rings. The minimum atomic E-state index is -0.785. The minimum Gasteiger partial charge on any atom is -0.484 e. The lowest BCUT2D eigenvalue weighted by atomic mass is 9.73. The zero-order chi connectivity index (χ0) is 19.5. The molecule has 150 valence electrons. The molecule has 0 aromatic heterocycles. The third-order valence-corrected chi connectivity index (χ3v) is 5.87. The maximum atomic E-state index is 12.9. The number of likely N-dealkylation sites (tertiary alicyclic amines) is 1. The monoisotopic (exact) mass is 380 g/mol. The number of piperidine rings is 1. The Bertz CT molecular complexity index is 646. The van der Waals surface area contributed by atoms with E-state index in [1.807, 2.05) is 6.92 Å². The largest absolute Gasteiger partial charge is 0.484 e. The van der Waals surface area contributed by atoms with E-state index in [0.29, 0.717) is 18.8 Å². The van der Waals surface area contributed by atoms with E-state index in [4.69, 9.17) is 9.47 Å². The van der Waals surface area contributed by atoms with Gasteiger partial charge in [0.15, 0.2) is 6.61 Å². The van der Waals surface area contributed by atoms with Crippen molar-refractivity contribution < 1.29 is 23.8 Å². The molecule has 0 bridgehead atoms. The fourth-order valence-corrected chi connectivity index (χ4v) is 4.09. The molecular weight excluding hydrogens is 351 g/mol. The Balaban J connectivity index is 1.59. The topological polar surface area (TPSA) is 71.0 Å². The number of carbonyl (C=O) groups is 1. The van der Waals surface area contributed by atoms with Crippen molar-refractivity contribution in [2.75, 3.05) is 32.8 Å². The van der Waals surface area contributed by atoms with Gasteiger partial charge in [-0.2, -0.15) is 0 Å². The van der Waals surface area contributed by atoms with Gasteiger partial charge >= 0.3 is 0 Å².